The third-order valence-corrected chi connectivity index (χ3v) is 5.15. The predicted octanol–water partition coefficient (Wildman–Crippen LogP) is 1.90. The van der Waals surface area contributed by atoms with Crippen molar-refractivity contribution in [2.75, 3.05) is 6.54 Å². The first-order valence-electron chi connectivity index (χ1n) is 8.79. The summed E-state index contributed by atoms with van der Waals surface area (Å²) in [5.74, 6) is 0.717. The molecule has 0 bridgehead atoms. The zero-order valence-corrected chi connectivity index (χ0v) is 15.3. The standard InChI is InChI=1S/C19H22N6O/c1-13(14-7-5-4-6-8-14)19(26)25-10-9-16-15(11-25)17(22-24(16)3)18-21-20-12-23(18)2/h4-8,12-13H,9-11H2,1-3H3. The first kappa shape index (κ1) is 16.5. The molecule has 1 amide bonds. The van der Waals surface area contributed by atoms with Crippen LogP contribution in [0, 0.1) is 0 Å². The molecule has 1 aliphatic rings. The minimum atomic E-state index is -0.160. The Morgan fingerprint density at radius 3 is 2.65 bits per heavy atom. The van der Waals surface area contributed by atoms with Gasteiger partial charge < -0.3 is 9.47 Å². The molecule has 0 radical (unpaired) electrons. The molecule has 0 saturated heterocycles. The summed E-state index contributed by atoms with van der Waals surface area (Å²) in [5.41, 5.74) is 4.10. The summed E-state index contributed by atoms with van der Waals surface area (Å²) >= 11 is 0. The van der Waals surface area contributed by atoms with Crippen LogP contribution in [0.4, 0.5) is 0 Å². The number of aryl methyl sites for hydroxylation is 2. The van der Waals surface area contributed by atoms with Gasteiger partial charge in [0.2, 0.25) is 5.91 Å². The van der Waals surface area contributed by atoms with Gasteiger partial charge in [0.05, 0.1) is 5.92 Å². The smallest absolute Gasteiger partial charge is 0.230 e. The summed E-state index contributed by atoms with van der Waals surface area (Å²) in [6.45, 7) is 3.24. The third-order valence-electron chi connectivity index (χ3n) is 5.15. The third kappa shape index (κ3) is 2.69. The summed E-state index contributed by atoms with van der Waals surface area (Å²) in [7, 11) is 3.85. The molecular formula is C19H22N6O. The van der Waals surface area contributed by atoms with Gasteiger partial charge in [0.15, 0.2) is 5.82 Å². The van der Waals surface area contributed by atoms with E-state index in [0.29, 0.717) is 13.1 Å². The van der Waals surface area contributed by atoms with Crippen molar-refractivity contribution in [1.29, 1.82) is 0 Å². The second-order valence-electron chi connectivity index (χ2n) is 6.81. The lowest BCUT2D eigenvalue weighted by Gasteiger charge is -2.30. The molecule has 4 rings (SSSR count). The van der Waals surface area contributed by atoms with Crippen LogP contribution >= 0.6 is 0 Å². The van der Waals surface area contributed by atoms with Gasteiger partial charge in [-0.25, -0.2) is 0 Å². The monoisotopic (exact) mass is 350 g/mol. The van der Waals surface area contributed by atoms with Crippen LogP contribution in [0.2, 0.25) is 0 Å². The molecule has 0 saturated carbocycles. The van der Waals surface area contributed by atoms with Gasteiger partial charge in [-0.3, -0.25) is 9.48 Å². The van der Waals surface area contributed by atoms with Gasteiger partial charge in [-0.15, -0.1) is 10.2 Å². The Morgan fingerprint density at radius 2 is 1.96 bits per heavy atom. The second kappa shape index (κ2) is 6.40. The molecule has 0 aliphatic carbocycles. The van der Waals surface area contributed by atoms with Crippen molar-refractivity contribution >= 4 is 5.91 Å². The van der Waals surface area contributed by atoms with Gasteiger partial charge in [-0.1, -0.05) is 30.3 Å². The van der Waals surface area contributed by atoms with E-state index in [4.69, 9.17) is 0 Å². The van der Waals surface area contributed by atoms with Crippen molar-refractivity contribution in [2.45, 2.75) is 25.8 Å². The quantitative estimate of drug-likeness (QED) is 0.723. The molecule has 1 unspecified atom stereocenters. The van der Waals surface area contributed by atoms with Crippen molar-refractivity contribution in [3.8, 4) is 11.5 Å². The van der Waals surface area contributed by atoms with E-state index < -0.39 is 0 Å². The lowest BCUT2D eigenvalue weighted by molar-refractivity contribution is -0.133. The van der Waals surface area contributed by atoms with Gasteiger partial charge in [0.25, 0.3) is 0 Å². The molecule has 1 aliphatic heterocycles. The van der Waals surface area contributed by atoms with Crippen LogP contribution in [-0.4, -0.2) is 41.9 Å². The van der Waals surface area contributed by atoms with Gasteiger partial charge in [0.1, 0.15) is 12.0 Å². The van der Waals surface area contributed by atoms with E-state index in [1.807, 2.05) is 65.5 Å². The van der Waals surface area contributed by atoms with Crippen molar-refractivity contribution in [3.63, 3.8) is 0 Å². The number of hydrogen-bond donors (Lipinski definition) is 0. The molecule has 0 spiro atoms. The van der Waals surface area contributed by atoms with Gasteiger partial charge in [-0.05, 0) is 12.5 Å². The number of carbonyl (C=O) groups excluding carboxylic acids is 1. The molecule has 0 fully saturated rings. The summed E-state index contributed by atoms with van der Waals surface area (Å²) in [4.78, 5) is 15.0. The SMILES string of the molecule is CC(C(=O)N1CCc2c(c(-c3nncn3C)nn2C)C1)c1ccccc1. The normalized spacial score (nSPS) is 15.0. The number of benzene rings is 1. The van der Waals surface area contributed by atoms with Crippen molar-refractivity contribution in [1.82, 2.24) is 29.4 Å². The Labute approximate surface area is 152 Å². The van der Waals surface area contributed by atoms with E-state index in [9.17, 15) is 4.79 Å². The van der Waals surface area contributed by atoms with Crippen LogP contribution < -0.4 is 0 Å². The number of rotatable bonds is 3. The van der Waals surface area contributed by atoms with Crippen LogP contribution in [0.25, 0.3) is 11.5 Å². The van der Waals surface area contributed by atoms with E-state index in [1.54, 1.807) is 6.33 Å². The van der Waals surface area contributed by atoms with Gasteiger partial charge in [-0.2, -0.15) is 5.10 Å². The first-order valence-corrected chi connectivity index (χ1v) is 8.79. The number of fused-ring (bicyclic) bond motifs is 1. The maximum atomic E-state index is 13.0. The highest BCUT2D eigenvalue weighted by molar-refractivity contribution is 5.83. The van der Waals surface area contributed by atoms with E-state index in [-0.39, 0.29) is 11.8 Å². The molecule has 3 aromatic rings. The predicted molar refractivity (Wildman–Crippen MR) is 97.2 cm³/mol. The molecule has 0 N–H and O–H groups in total. The number of nitrogens with zero attached hydrogens (tertiary/aromatic N) is 6. The van der Waals surface area contributed by atoms with Crippen LogP contribution in [0.3, 0.4) is 0 Å². The van der Waals surface area contributed by atoms with E-state index >= 15 is 0 Å². The fourth-order valence-corrected chi connectivity index (χ4v) is 3.62. The largest absolute Gasteiger partial charge is 0.337 e. The number of carbonyl (C=O) groups is 1. The van der Waals surface area contributed by atoms with E-state index in [0.717, 1.165) is 29.1 Å². The number of aromatic nitrogens is 5. The fraction of sp³-hybridized carbons (Fsp3) is 0.368. The average molecular weight is 350 g/mol. The van der Waals surface area contributed by atoms with Crippen LogP contribution in [0.1, 0.15) is 29.7 Å². The summed E-state index contributed by atoms with van der Waals surface area (Å²) in [6.07, 6.45) is 2.46. The van der Waals surface area contributed by atoms with Crippen molar-refractivity contribution in [3.05, 3.63) is 53.5 Å². The average Bonchev–Trinajstić information content (AvgIpc) is 3.24. The minimum Gasteiger partial charge on any atom is -0.337 e. The van der Waals surface area contributed by atoms with Crippen LogP contribution in [-0.2, 0) is 31.9 Å². The molecule has 1 atom stereocenters. The summed E-state index contributed by atoms with van der Waals surface area (Å²) < 4.78 is 3.76. The molecule has 3 heterocycles. The number of hydrogen-bond acceptors (Lipinski definition) is 4. The Kier molecular flexibility index (Phi) is 4.06. The Morgan fingerprint density at radius 1 is 1.19 bits per heavy atom. The molecule has 7 nitrogen and oxygen atoms in total. The highest BCUT2D eigenvalue weighted by Gasteiger charge is 2.30. The maximum Gasteiger partial charge on any atom is 0.230 e. The molecular weight excluding hydrogens is 328 g/mol. The zero-order chi connectivity index (χ0) is 18.3. The second-order valence-corrected chi connectivity index (χ2v) is 6.81. The highest BCUT2D eigenvalue weighted by Crippen LogP contribution is 2.30. The summed E-state index contributed by atoms with van der Waals surface area (Å²) in [5, 5.41) is 12.8. The Hall–Kier alpha value is -2.96. The lowest BCUT2D eigenvalue weighted by Crippen LogP contribution is -2.38. The van der Waals surface area contributed by atoms with E-state index in [1.165, 1.54) is 5.69 Å². The first-order chi connectivity index (χ1) is 12.6. The van der Waals surface area contributed by atoms with Crippen molar-refractivity contribution in [2.24, 2.45) is 14.1 Å². The molecule has 1 aromatic carbocycles. The Bertz CT molecular complexity index is 942. The maximum absolute atomic E-state index is 13.0. The Balaban J connectivity index is 1.63. The molecule has 26 heavy (non-hydrogen) atoms. The fourth-order valence-electron chi connectivity index (χ4n) is 3.62. The van der Waals surface area contributed by atoms with E-state index in [2.05, 4.69) is 15.3 Å². The highest BCUT2D eigenvalue weighted by atomic mass is 16.2. The van der Waals surface area contributed by atoms with Gasteiger partial charge >= 0.3 is 0 Å². The molecule has 2 aromatic heterocycles. The number of amides is 1. The van der Waals surface area contributed by atoms with Crippen LogP contribution in [0.15, 0.2) is 36.7 Å². The molecule has 7 heteroatoms. The van der Waals surface area contributed by atoms with Gasteiger partial charge in [0, 0.05) is 44.9 Å². The van der Waals surface area contributed by atoms with Crippen LogP contribution in [0.5, 0.6) is 0 Å². The lowest BCUT2D eigenvalue weighted by atomic mass is 9.97. The zero-order valence-electron chi connectivity index (χ0n) is 15.3. The topological polar surface area (TPSA) is 68.8 Å². The molecule has 134 valence electrons. The summed E-state index contributed by atoms with van der Waals surface area (Å²) in [6, 6.07) is 9.93. The minimum absolute atomic E-state index is 0.148. The van der Waals surface area contributed by atoms with Crippen molar-refractivity contribution < 1.29 is 4.79 Å².